The van der Waals surface area contributed by atoms with Crippen molar-refractivity contribution in [2.45, 2.75) is 85.4 Å². The maximum atomic E-state index is 13.4. The van der Waals surface area contributed by atoms with E-state index in [0.717, 1.165) is 19.3 Å². The number of esters is 2. The molecule has 2 rings (SSSR count). The summed E-state index contributed by atoms with van der Waals surface area (Å²) in [6.07, 6.45) is 9.83. The van der Waals surface area contributed by atoms with E-state index in [0.29, 0.717) is 12.8 Å². The maximum absolute atomic E-state index is 13.4. The van der Waals surface area contributed by atoms with Crippen LogP contribution >= 0.6 is 0 Å². The predicted octanol–water partition coefficient (Wildman–Crippen LogP) is 7.76. The zero-order chi connectivity index (χ0) is 25.9. The van der Waals surface area contributed by atoms with E-state index in [-0.39, 0.29) is 5.92 Å². The molecule has 0 spiro atoms. The third-order valence-electron chi connectivity index (χ3n) is 7.93. The van der Waals surface area contributed by atoms with Gasteiger partial charge in [0, 0.05) is 0 Å². The van der Waals surface area contributed by atoms with Gasteiger partial charge in [0.15, 0.2) is 0 Å². The Morgan fingerprint density at radius 1 is 0.943 bits per heavy atom. The van der Waals surface area contributed by atoms with E-state index in [1.54, 1.807) is 0 Å². The molecule has 1 aromatic rings. The number of carbonyl (C=O) groups is 2. The first-order valence-electron chi connectivity index (χ1n) is 13.5. The molecule has 1 aliphatic carbocycles. The summed E-state index contributed by atoms with van der Waals surface area (Å²) in [5.74, 6) is -1.04. The summed E-state index contributed by atoms with van der Waals surface area (Å²) in [7, 11) is 2.77. The van der Waals surface area contributed by atoms with Crippen molar-refractivity contribution in [2.24, 2.45) is 11.3 Å². The fourth-order valence-electron chi connectivity index (χ4n) is 6.01. The molecule has 1 atom stereocenters. The zero-order valence-electron chi connectivity index (χ0n) is 22.7. The normalized spacial score (nSPS) is 17.7. The molecule has 0 bridgehead atoms. The van der Waals surface area contributed by atoms with Gasteiger partial charge in [-0.25, -0.2) is 0 Å². The van der Waals surface area contributed by atoms with Gasteiger partial charge in [0.2, 0.25) is 0 Å². The van der Waals surface area contributed by atoms with E-state index in [9.17, 15) is 9.59 Å². The molecule has 194 valence electrons. The van der Waals surface area contributed by atoms with Crippen molar-refractivity contribution >= 4 is 35.9 Å². The van der Waals surface area contributed by atoms with Gasteiger partial charge in [-0.3, -0.25) is 0 Å². The van der Waals surface area contributed by atoms with Crippen LogP contribution in [0.4, 0.5) is 0 Å². The van der Waals surface area contributed by atoms with Gasteiger partial charge in [0.25, 0.3) is 0 Å². The molecule has 5 heteroatoms. The third-order valence-corrected chi connectivity index (χ3v) is 24.1. The molecular formula is C30H46O4Sn. The van der Waals surface area contributed by atoms with Gasteiger partial charge in [-0.1, -0.05) is 0 Å². The second-order valence-corrected chi connectivity index (χ2v) is 23.4. The van der Waals surface area contributed by atoms with E-state index in [4.69, 9.17) is 9.47 Å². The van der Waals surface area contributed by atoms with Crippen molar-refractivity contribution in [1.29, 1.82) is 0 Å². The van der Waals surface area contributed by atoms with Gasteiger partial charge in [-0.05, 0) is 0 Å². The van der Waals surface area contributed by atoms with Crippen molar-refractivity contribution in [2.75, 3.05) is 14.2 Å². The molecule has 4 nitrogen and oxygen atoms in total. The molecule has 0 N–H and O–H groups in total. The molecule has 0 amide bonds. The minimum atomic E-state index is -3.06. The average molecular weight is 589 g/mol. The van der Waals surface area contributed by atoms with E-state index in [1.807, 2.05) is 12.1 Å². The van der Waals surface area contributed by atoms with Gasteiger partial charge in [0.05, 0.1) is 0 Å². The Bertz CT molecular complexity index is 836. The summed E-state index contributed by atoms with van der Waals surface area (Å²) in [5.41, 5.74) is 1.24. The molecule has 35 heavy (non-hydrogen) atoms. The number of methoxy groups -OCH3 is 2. The van der Waals surface area contributed by atoms with Gasteiger partial charge in [-0.15, -0.1) is 0 Å². The third kappa shape index (κ3) is 6.61. The molecule has 1 aromatic carbocycles. The molecule has 0 heterocycles. The number of unbranched alkanes of at least 4 members (excludes halogenated alkanes) is 3. The SMILES string of the molecule is C=CC1CC(C(=O)OC)(C(=O)OC)C[C]([Sn]([CH2]CCC)([CH2]CCC)[CH2]CCC)=C1c1ccccc1. The van der Waals surface area contributed by atoms with Crippen LogP contribution in [-0.4, -0.2) is 44.5 Å². The first-order chi connectivity index (χ1) is 16.9. The Kier molecular flexibility index (Phi) is 12.1. The molecule has 1 unspecified atom stereocenters. The van der Waals surface area contributed by atoms with E-state index in [1.165, 1.54) is 61.5 Å². The zero-order valence-corrected chi connectivity index (χ0v) is 25.5. The first kappa shape index (κ1) is 29.7. The molecule has 0 fully saturated rings. The fraction of sp³-hybridized carbons (Fsp3) is 0.600. The second kappa shape index (κ2) is 14.2. The average Bonchev–Trinajstić information content (AvgIpc) is 2.91. The van der Waals surface area contributed by atoms with E-state index < -0.39 is 35.7 Å². The Hall–Kier alpha value is -1.56. The molecule has 0 saturated heterocycles. The summed E-state index contributed by atoms with van der Waals surface area (Å²) >= 11 is -3.06. The van der Waals surface area contributed by atoms with Crippen LogP contribution in [0.2, 0.25) is 13.3 Å². The van der Waals surface area contributed by atoms with Crippen LogP contribution in [0.1, 0.15) is 77.7 Å². The summed E-state index contributed by atoms with van der Waals surface area (Å²) < 4.78 is 15.8. The topological polar surface area (TPSA) is 52.6 Å². The van der Waals surface area contributed by atoms with Crippen LogP contribution in [0, 0.1) is 11.3 Å². The summed E-state index contributed by atoms with van der Waals surface area (Å²) in [5, 5.41) is 0. The number of benzene rings is 1. The standard InChI is InChI=1S/C18H19O4.3C4H9.Sn/c1-4-13-12-18(16(19)21-2,17(20)22-3)11-10-15(13)14-8-6-5-7-9-14;3*1-3-4-2;/h4-9,13H,1,11-12H2,2-3H3;3*1,3-4H2,2H3;. The first-order valence-corrected chi connectivity index (χ1v) is 21.0. The van der Waals surface area contributed by atoms with Crippen LogP contribution in [0.5, 0.6) is 0 Å². The number of allylic oxidation sites excluding steroid dienone is 3. The summed E-state index contributed by atoms with van der Waals surface area (Å²) in [6.45, 7) is 11.0. The van der Waals surface area contributed by atoms with E-state index in [2.05, 4.69) is 51.6 Å². The van der Waals surface area contributed by atoms with Gasteiger partial charge in [-0.2, -0.15) is 0 Å². The Balaban J connectivity index is 2.92. The van der Waals surface area contributed by atoms with Crippen molar-refractivity contribution < 1.29 is 19.1 Å². The van der Waals surface area contributed by atoms with Crippen molar-refractivity contribution in [3.05, 3.63) is 52.1 Å². The number of rotatable bonds is 14. The molecule has 0 saturated carbocycles. The van der Waals surface area contributed by atoms with Crippen LogP contribution in [0.25, 0.3) is 5.57 Å². The van der Waals surface area contributed by atoms with Crippen molar-refractivity contribution in [3.63, 3.8) is 0 Å². The van der Waals surface area contributed by atoms with Crippen molar-refractivity contribution in [1.82, 2.24) is 0 Å². The van der Waals surface area contributed by atoms with Crippen molar-refractivity contribution in [3.8, 4) is 0 Å². The molecular weight excluding hydrogens is 543 g/mol. The molecule has 0 aliphatic heterocycles. The molecule has 0 radical (unpaired) electrons. The van der Waals surface area contributed by atoms with Gasteiger partial charge >= 0.3 is 218 Å². The van der Waals surface area contributed by atoms with Crippen LogP contribution in [-0.2, 0) is 19.1 Å². The Labute approximate surface area is 217 Å². The van der Waals surface area contributed by atoms with Crippen LogP contribution in [0.15, 0.2) is 46.6 Å². The van der Waals surface area contributed by atoms with Gasteiger partial charge in [0.1, 0.15) is 0 Å². The van der Waals surface area contributed by atoms with Crippen LogP contribution in [0.3, 0.4) is 0 Å². The quantitative estimate of drug-likeness (QED) is 0.0964. The number of hydrogen-bond donors (Lipinski definition) is 0. The summed E-state index contributed by atoms with van der Waals surface area (Å²) in [4.78, 5) is 26.7. The number of carbonyl (C=O) groups excluding carboxylic acids is 2. The Morgan fingerprint density at radius 3 is 1.83 bits per heavy atom. The fourth-order valence-corrected chi connectivity index (χ4v) is 24.1. The second-order valence-electron chi connectivity index (χ2n) is 10.1. The Morgan fingerprint density at radius 2 is 1.43 bits per heavy atom. The van der Waals surface area contributed by atoms with Crippen LogP contribution < -0.4 is 0 Å². The summed E-state index contributed by atoms with van der Waals surface area (Å²) in [6, 6.07) is 10.6. The molecule has 1 aliphatic rings. The predicted molar refractivity (Wildman–Crippen MR) is 148 cm³/mol. The number of ether oxygens (including phenoxy) is 2. The molecule has 0 aromatic heterocycles. The monoisotopic (exact) mass is 590 g/mol. The number of hydrogen-bond acceptors (Lipinski definition) is 4. The van der Waals surface area contributed by atoms with Gasteiger partial charge < -0.3 is 0 Å². The minimum absolute atomic E-state index is 0.0969. The van der Waals surface area contributed by atoms with E-state index >= 15 is 0 Å².